The molecule has 0 spiro atoms. The maximum atomic E-state index is 12.5. The summed E-state index contributed by atoms with van der Waals surface area (Å²) in [5.41, 5.74) is 6.05. The van der Waals surface area contributed by atoms with Crippen molar-refractivity contribution >= 4 is 34.2 Å². The Bertz CT molecular complexity index is 1040. The van der Waals surface area contributed by atoms with E-state index in [0.717, 1.165) is 28.2 Å². The molecule has 0 unspecified atom stereocenters. The van der Waals surface area contributed by atoms with E-state index in [9.17, 15) is 9.59 Å². The Morgan fingerprint density at radius 1 is 1.04 bits per heavy atom. The Labute approximate surface area is 144 Å². The highest BCUT2D eigenvalue weighted by Crippen LogP contribution is 2.26. The molecule has 2 N–H and O–H groups in total. The van der Waals surface area contributed by atoms with E-state index in [4.69, 9.17) is 0 Å². The molecule has 0 atom stereocenters. The van der Waals surface area contributed by atoms with Crippen LogP contribution in [0.15, 0.2) is 36.4 Å². The summed E-state index contributed by atoms with van der Waals surface area (Å²) in [6.07, 6.45) is 0.337. The highest BCUT2D eigenvalue weighted by Gasteiger charge is 2.18. The van der Waals surface area contributed by atoms with Crippen molar-refractivity contribution in [2.45, 2.75) is 20.3 Å². The minimum Gasteiger partial charge on any atom is -0.326 e. The Kier molecular flexibility index (Phi) is 3.46. The lowest BCUT2D eigenvalue weighted by molar-refractivity contribution is -0.115. The van der Waals surface area contributed by atoms with Crippen molar-refractivity contribution in [1.82, 2.24) is 9.97 Å². The predicted molar refractivity (Wildman–Crippen MR) is 95.7 cm³/mol. The first kappa shape index (κ1) is 15.3. The average Bonchev–Trinajstić information content (AvgIpc) is 2.94. The molecule has 0 aliphatic carbocycles. The van der Waals surface area contributed by atoms with E-state index >= 15 is 0 Å². The maximum Gasteiger partial charge on any atom is 0.255 e. The zero-order chi connectivity index (χ0) is 17.6. The first-order valence-electron chi connectivity index (χ1n) is 7.99. The molecule has 1 aliphatic rings. The van der Waals surface area contributed by atoms with Crippen LogP contribution in [0.5, 0.6) is 0 Å². The average molecular weight is 332 g/mol. The second kappa shape index (κ2) is 5.66. The number of benzene rings is 2. The van der Waals surface area contributed by atoms with E-state index in [-0.39, 0.29) is 11.8 Å². The van der Waals surface area contributed by atoms with Crippen LogP contribution in [-0.4, -0.2) is 21.8 Å². The van der Waals surface area contributed by atoms with Crippen molar-refractivity contribution in [3.05, 3.63) is 58.9 Å². The number of amides is 2. The lowest BCUT2D eigenvalue weighted by Gasteiger charge is -2.08. The fourth-order valence-corrected chi connectivity index (χ4v) is 2.88. The van der Waals surface area contributed by atoms with Crippen molar-refractivity contribution in [3.63, 3.8) is 0 Å². The van der Waals surface area contributed by atoms with Crippen LogP contribution in [0.25, 0.3) is 11.0 Å². The number of aromatic nitrogens is 2. The molecule has 25 heavy (non-hydrogen) atoms. The van der Waals surface area contributed by atoms with Gasteiger partial charge in [-0.3, -0.25) is 9.59 Å². The number of nitrogens with one attached hydrogen (secondary N) is 2. The van der Waals surface area contributed by atoms with Gasteiger partial charge < -0.3 is 10.6 Å². The summed E-state index contributed by atoms with van der Waals surface area (Å²) in [5.74, 6) is -0.253. The van der Waals surface area contributed by atoms with Crippen molar-refractivity contribution in [2.24, 2.45) is 0 Å². The minimum atomic E-state index is -0.223. The minimum absolute atomic E-state index is 0.0303. The van der Waals surface area contributed by atoms with Crippen molar-refractivity contribution in [2.75, 3.05) is 10.6 Å². The van der Waals surface area contributed by atoms with Crippen LogP contribution in [0.2, 0.25) is 0 Å². The van der Waals surface area contributed by atoms with E-state index in [1.807, 2.05) is 19.9 Å². The third-order valence-electron chi connectivity index (χ3n) is 4.33. The van der Waals surface area contributed by atoms with Gasteiger partial charge in [0.05, 0.1) is 28.8 Å². The number of nitrogens with zero attached hydrogens (tertiary/aromatic N) is 2. The van der Waals surface area contributed by atoms with Crippen LogP contribution in [0.4, 0.5) is 11.4 Å². The molecule has 0 fully saturated rings. The molecule has 3 aromatic rings. The molecule has 0 bridgehead atoms. The molecule has 2 amide bonds. The van der Waals surface area contributed by atoms with Gasteiger partial charge in [0, 0.05) is 16.9 Å². The summed E-state index contributed by atoms with van der Waals surface area (Å²) in [4.78, 5) is 32.9. The van der Waals surface area contributed by atoms with Crippen molar-refractivity contribution in [3.8, 4) is 0 Å². The first-order chi connectivity index (χ1) is 12.0. The van der Waals surface area contributed by atoms with Crippen molar-refractivity contribution in [1.29, 1.82) is 0 Å². The van der Waals surface area contributed by atoms with Gasteiger partial charge in [-0.05, 0) is 55.8 Å². The van der Waals surface area contributed by atoms with Gasteiger partial charge in [-0.2, -0.15) is 0 Å². The summed E-state index contributed by atoms with van der Waals surface area (Å²) in [6.45, 7) is 3.81. The van der Waals surface area contributed by atoms with E-state index in [0.29, 0.717) is 23.2 Å². The number of carbonyl (C=O) groups excluding carboxylic acids is 2. The molecular formula is C19H16N4O2. The molecular weight excluding hydrogens is 316 g/mol. The Morgan fingerprint density at radius 3 is 2.60 bits per heavy atom. The number of carbonyl (C=O) groups is 2. The normalized spacial score (nSPS) is 12.8. The van der Waals surface area contributed by atoms with E-state index in [1.165, 1.54) is 0 Å². The van der Waals surface area contributed by atoms with Crippen LogP contribution in [0, 0.1) is 13.8 Å². The zero-order valence-electron chi connectivity index (χ0n) is 13.9. The van der Waals surface area contributed by atoms with Gasteiger partial charge in [0.25, 0.3) is 5.91 Å². The third-order valence-corrected chi connectivity index (χ3v) is 4.33. The Balaban J connectivity index is 1.61. The largest absolute Gasteiger partial charge is 0.326 e. The smallest absolute Gasteiger partial charge is 0.255 e. The lowest BCUT2D eigenvalue weighted by Crippen LogP contribution is -2.12. The quantitative estimate of drug-likeness (QED) is 0.755. The molecule has 6 nitrogen and oxygen atoms in total. The monoisotopic (exact) mass is 332 g/mol. The number of hydrogen-bond donors (Lipinski definition) is 2. The Morgan fingerprint density at radius 2 is 1.80 bits per heavy atom. The molecule has 6 heteroatoms. The molecule has 1 aliphatic heterocycles. The molecule has 0 saturated carbocycles. The molecule has 124 valence electrons. The molecule has 1 aromatic heterocycles. The predicted octanol–water partition coefficient (Wildman–Crippen LogP) is 2.99. The van der Waals surface area contributed by atoms with Gasteiger partial charge in [0.1, 0.15) is 0 Å². The summed E-state index contributed by atoms with van der Waals surface area (Å²) in [7, 11) is 0. The lowest BCUT2D eigenvalue weighted by atomic mass is 10.1. The fourth-order valence-electron chi connectivity index (χ4n) is 2.88. The number of rotatable bonds is 2. The number of aryl methyl sites for hydroxylation is 2. The summed E-state index contributed by atoms with van der Waals surface area (Å²) >= 11 is 0. The Hall–Kier alpha value is -3.28. The van der Waals surface area contributed by atoms with Crippen LogP contribution in [-0.2, 0) is 11.2 Å². The van der Waals surface area contributed by atoms with Gasteiger partial charge in [-0.1, -0.05) is 0 Å². The van der Waals surface area contributed by atoms with Crippen molar-refractivity contribution < 1.29 is 9.59 Å². The molecule has 4 rings (SSSR count). The fraction of sp³-hybridized carbons (Fsp3) is 0.158. The highest BCUT2D eigenvalue weighted by molar-refractivity contribution is 6.06. The molecule has 2 heterocycles. The van der Waals surface area contributed by atoms with Gasteiger partial charge in [0.2, 0.25) is 5.91 Å². The molecule has 2 aromatic carbocycles. The van der Waals surface area contributed by atoms with Gasteiger partial charge >= 0.3 is 0 Å². The van der Waals surface area contributed by atoms with Gasteiger partial charge in [0.15, 0.2) is 0 Å². The van der Waals surface area contributed by atoms with Crippen LogP contribution in [0.1, 0.15) is 27.3 Å². The molecule has 0 saturated heterocycles. The summed E-state index contributed by atoms with van der Waals surface area (Å²) < 4.78 is 0. The summed E-state index contributed by atoms with van der Waals surface area (Å²) in [5, 5.41) is 5.64. The number of anilines is 2. The van der Waals surface area contributed by atoms with E-state index in [2.05, 4.69) is 20.6 Å². The zero-order valence-corrected chi connectivity index (χ0v) is 13.9. The second-order valence-electron chi connectivity index (χ2n) is 6.15. The van der Waals surface area contributed by atoms with Gasteiger partial charge in [-0.25, -0.2) is 9.97 Å². The molecule has 0 radical (unpaired) electrons. The maximum absolute atomic E-state index is 12.5. The standard InChI is InChI=1S/C19H16N4O2/c1-10-11(2)21-17-8-12(3-5-16(17)20-10)19(25)22-14-4-6-15-13(7-14)9-18(24)23-15/h3-8H,9H2,1-2H3,(H,22,25)(H,23,24). The number of fused-ring (bicyclic) bond motifs is 2. The summed E-state index contributed by atoms with van der Waals surface area (Å²) in [6, 6.07) is 10.7. The van der Waals surface area contributed by atoms with Crippen LogP contribution >= 0.6 is 0 Å². The third kappa shape index (κ3) is 2.82. The second-order valence-corrected chi connectivity index (χ2v) is 6.15. The van der Waals surface area contributed by atoms with E-state index < -0.39 is 0 Å². The van der Waals surface area contributed by atoms with Crippen LogP contribution < -0.4 is 10.6 Å². The highest BCUT2D eigenvalue weighted by atomic mass is 16.2. The number of hydrogen-bond acceptors (Lipinski definition) is 4. The van der Waals surface area contributed by atoms with Gasteiger partial charge in [-0.15, -0.1) is 0 Å². The van der Waals surface area contributed by atoms with Crippen LogP contribution in [0.3, 0.4) is 0 Å². The first-order valence-corrected chi connectivity index (χ1v) is 7.99. The topological polar surface area (TPSA) is 84.0 Å². The van der Waals surface area contributed by atoms with E-state index in [1.54, 1.807) is 30.3 Å². The SMILES string of the molecule is Cc1nc2ccc(C(=O)Nc3ccc4c(c3)CC(=O)N4)cc2nc1C.